The van der Waals surface area contributed by atoms with Gasteiger partial charge in [-0.15, -0.1) is 0 Å². The van der Waals surface area contributed by atoms with Gasteiger partial charge < -0.3 is 20.4 Å². The Hall–Kier alpha value is -1.17. The van der Waals surface area contributed by atoms with E-state index in [0.717, 1.165) is 77.4 Å². The SMILES string of the molecule is CCCCC[C@H](O)C=C[C@@H]1[C@H]2CC(CCNCC(=O)N3CCCCC3)=C[C@H]2C[C@H]1O. The average molecular weight is 419 g/mol. The molecule has 5 nitrogen and oxygen atoms in total. The Bertz CT molecular complexity index is 597. The molecular formula is C25H42N2O3. The van der Waals surface area contributed by atoms with Crippen LogP contribution in [0, 0.1) is 17.8 Å². The van der Waals surface area contributed by atoms with Gasteiger partial charge in [-0.05, 0) is 63.3 Å². The van der Waals surface area contributed by atoms with E-state index in [1.165, 1.54) is 12.0 Å². The third kappa shape index (κ3) is 6.66. The normalized spacial score (nSPS) is 30.0. The van der Waals surface area contributed by atoms with Gasteiger partial charge in [-0.3, -0.25) is 4.79 Å². The van der Waals surface area contributed by atoms with Gasteiger partial charge in [-0.1, -0.05) is 50.0 Å². The van der Waals surface area contributed by atoms with Gasteiger partial charge >= 0.3 is 0 Å². The van der Waals surface area contributed by atoms with Crippen LogP contribution in [0.5, 0.6) is 0 Å². The minimum absolute atomic E-state index is 0.151. The topological polar surface area (TPSA) is 72.8 Å². The molecule has 1 heterocycles. The zero-order chi connectivity index (χ0) is 21.3. The maximum Gasteiger partial charge on any atom is 0.236 e. The van der Waals surface area contributed by atoms with Gasteiger partial charge in [-0.25, -0.2) is 0 Å². The maximum atomic E-state index is 12.2. The number of carbonyl (C=O) groups is 1. The van der Waals surface area contributed by atoms with Gasteiger partial charge in [-0.2, -0.15) is 0 Å². The van der Waals surface area contributed by atoms with Crippen molar-refractivity contribution in [3.05, 3.63) is 23.8 Å². The fourth-order valence-corrected chi connectivity index (χ4v) is 5.45. The van der Waals surface area contributed by atoms with Crippen LogP contribution in [-0.4, -0.2) is 59.4 Å². The van der Waals surface area contributed by atoms with E-state index in [9.17, 15) is 15.0 Å². The number of allylic oxidation sites excluding steroid dienone is 1. The van der Waals surface area contributed by atoms with Crippen molar-refractivity contribution < 1.29 is 15.0 Å². The first kappa shape index (κ1) is 23.5. The predicted octanol–water partition coefficient (Wildman–Crippen LogP) is 3.42. The van der Waals surface area contributed by atoms with Gasteiger partial charge in [0.1, 0.15) is 0 Å². The van der Waals surface area contributed by atoms with Crippen molar-refractivity contribution in [3.63, 3.8) is 0 Å². The molecule has 0 unspecified atom stereocenters. The standard InChI is InChI=1S/C25H42N2O3/c1-2-3-5-8-21(28)9-10-22-23-16-19(15-20(23)17-24(22)29)11-12-26-18-25(30)27-13-6-4-7-14-27/h9-10,15,20-24,26,28-29H,2-8,11-14,16-18H2,1H3/t20-,21-,22+,23-,24+/m0/s1. The summed E-state index contributed by atoms with van der Waals surface area (Å²) in [5, 5.41) is 24.0. The molecular weight excluding hydrogens is 376 g/mol. The van der Waals surface area contributed by atoms with Gasteiger partial charge in [0.05, 0.1) is 18.8 Å². The Kier molecular flexibility index (Phi) is 9.41. The minimum atomic E-state index is -0.390. The number of unbranched alkanes of at least 4 members (excludes halogenated alkanes) is 2. The maximum absolute atomic E-state index is 12.2. The lowest BCUT2D eigenvalue weighted by Crippen LogP contribution is -2.41. The second-order valence-corrected chi connectivity index (χ2v) is 9.55. The summed E-state index contributed by atoms with van der Waals surface area (Å²) in [6.45, 7) is 5.29. The molecule has 30 heavy (non-hydrogen) atoms. The van der Waals surface area contributed by atoms with Crippen LogP contribution in [0.15, 0.2) is 23.8 Å². The van der Waals surface area contributed by atoms with Gasteiger partial charge in [0.25, 0.3) is 0 Å². The summed E-state index contributed by atoms with van der Waals surface area (Å²) < 4.78 is 0. The van der Waals surface area contributed by atoms with Crippen molar-refractivity contribution in [3.8, 4) is 0 Å². The van der Waals surface area contributed by atoms with Crippen molar-refractivity contribution in [1.29, 1.82) is 0 Å². The number of piperidine rings is 1. The van der Waals surface area contributed by atoms with Gasteiger partial charge in [0.15, 0.2) is 0 Å². The summed E-state index contributed by atoms with van der Waals surface area (Å²) in [5.74, 6) is 1.30. The van der Waals surface area contributed by atoms with E-state index in [1.807, 2.05) is 11.0 Å². The molecule has 2 aliphatic carbocycles. The number of carbonyl (C=O) groups excluding carboxylic acids is 1. The zero-order valence-corrected chi connectivity index (χ0v) is 18.8. The Labute approximate surface area is 182 Å². The Morgan fingerprint density at radius 1 is 1.30 bits per heavy atom. The van der Waals surface area contributed by atoms with Crippen LogP contribution in [0.1, 0.15) is 71.1 Å². The predicted molar refractivity (Wildman–Crippen MR) is 121 cm³/mol. The lowest BCUT2D eigenvalue weighted by Gasteiger charge is -2.26. The number of aliphatic hydroxyl groups excluding tert-OH is 2. The lowest BCUT2D eigenvalue weighted by molar-refractivity contribution is -0.131. The molecule has 1 aliphatic heterocycles. The highest BCUT2D eigenvalue weighted by molar-refractivity contribution is 5.78. The first-order chi connectivity index (χ1) is 14.6. The molecule has 1 saturated heterocycles. The molecule has 0 bridgehead atoms. The van der Waals surface area contributed by atoms with E-state index in [2.05, 4.69) is 24.4 Å². The first-order valence-electron chi connectivity index (χ1n) is 12.3. The molecule has 1 amide bonds. The van der Waals surface area contributed by atoms with Crippen LogP contribution in [0.2, 0.25) is 0 Å². The smallest absolute Gasteiger partial charge is 0.236 e. The van der Waals surface area contributed by atoms with Gasteiger partial charge in [0, 0.05) is 19.0 Å². The largest absolute Gasteiger partial charge is 0.392 e. The Balaban J connectivity index is 1.37. The fourth-order valence-electron chi connectivity index (χ4n) is 5.45. The number of likely N-dealkylation sites (tertiary alicyclic amines) is 1. The quantitative estimate of drug-likeness (QED) is 0.355. The summed E-state index contributed by atoms with van der Waals surface area (Å²) in [6, 6.07) is 0. The first-order valence-corrected chi connectivity index (χ1v) is 12.3. The van der Waals surface area contributed by atoms with Crippen LogP contribution < -0.4 is 5.32 Å². The zero-order valence-electron chi connectivity index (χ0n) is 18.8. The lowest BCUT2D eigenvalue weighted by atomic mass is 9.88. The molecule has 0 aromatic carbocycles. The van der Waals surface area contributed by atoms with E-state index in [1.54, 1.807) is 0 Å². The van der Waals surface area contributed by atoms with Crippen LogP contribution in [0.3, 0.4) is 0 Å². The molecule has 0 aromatic heterocycles. The van der Waals surface area contributed by atoms with E-state index in [-0.39, 0.29) is 17.9 Å². The van der Waals surface area contributed by atoms with E-state index in [0.29, 0.717) is 18.4 Å². The molecule has 0 aromatic rings. The van der Waals surface area contributed by atoms with Gasteiger partial charge in [0.2, 0.25) is 5.91 Å². The summed E-state index contributed by atoms with van der Waals surface area (Å²) in [7, 11) is 0. The van der Waals surface area contributed by atoms with E-state index >= 15 is 0 Å². The number of nitrogens with zero attached hydrogens (tertiary/aromatic N) is 1. The third-order valence-electron chi connectivity index (χ3n) is 7.22. The van der Waals surface area contributed by atoms with Crippen molar-refractivity contribution >= 4 is 5.91 Å². The molecule has 170 valence electrons. The molecule has 5 atom stereocenters. The van der Waals surface area contributed by atoms with E-state index < -0.39 is 6.10 Å². The highest BCUT2D eigenvalue weighted by atomic mass is 16.3. The third-order valence-corrected chi connectivity index (χ3v) is 7.22. The minimum Gasteiger partial charge on any atom is -0.392 e. The van der Waals surface area contributed by atoms with Crippen LogP contribution in [0.25, 0.3) is 0 Å². The summed E-state index contributed by atoms with van der Waals surface area (Å²) >= 11 is 0. The number of nitrogens with one attached hydrogen (secondary N) is 1. The molecule has 5 heteroatoms. The molecule has 0 spiro atoms. The molecule has 1 saturated carbocycles. The number of hydrogen-bond acceptors (Lipinski definition) is 4. The van der Waals surface area contributed by atoms with Crippen molar-refractivity contribution in [2.24, 2.45) is 17.8 Å². The molecule has 3 rings (SSSR count). The second kappa shape index (κ2) is 12.0. The number of rotatable bonds is 11. The van der Waals surface area contributed by atoms with Crippen LogP contribution in [-0.2, 0) is 4.79 Å². The number of fused-ring (bicyclic) bond motifs is 1. The molecule has 3 aliphatic rings. The van der Waals surface area contributed by atoms with Crippen LogP contribution in [0.4, 0.5) is 0 Å². The molecule has 3 N–H and O–H groups in total. The summed E-state index contributed by atoms with van der Waals surface area (Å²) in [4.78, 5) is 14.2. The van der Waals surface area contributed by atoms with Crippen molar-refractivity contribution in [2.45, 2.75) is 83.3 Å². The number of amides is 1. The second-order valence-electron chi connectivity index (χ2n) is 9.55. The van der Waals surface area contributed by atoms with Crippen molar-refractivity contribution in [2.75, 3.05) is 26.2 Å². The number of aliphatic hydroxyl groups is 2. The number of hydrogen-bond donors (Lipinski definition) is 3. The highest BCUT2D eigenvalue weighted by Crippen LogP contribution is 2.47. The average Bonchev–Trinajstić information content (AvgIpc) is 3.26. The van der Waals surface area contributed by atoms with E-state index in [4.69, 9.17) is 0 Å². The van der Waals surface area contributed by atoms with Crippen LogP contribution >= 0.6 is 0 Å². The highest BCUT2D eigenvalue weighted by Gasteiger charge is 2.43. The fraction of sp³-hybridized carbons (Fsp3) is 0.800. The molecule has 0 radical (unpaired) electrons. The Morgan fingerprint density at radius 3 is 2.87 bits per heavy atom. The summed E-state index contributed by atoms with van der Waals surface area (Å²) in [6.07, 6.45) is 16.2. The Morgan fingerprint density at radius 2 is 2.10 bits per heavy atom. The summed E-state index contributed by atoms with van der Waals surface area (Å²) in [5.41, 5.74) is 1.46. The van der Waals surface area contributed by atoms with Crippen molar-refractivity contribution in [1.82, 2.24) is 10.2 Å². The molecule has 2 fully saturated rings. The monoisotopic (exact) mass is 418 g/mol.